The highest BCUT2D eigenvalue weighted by molar-refractivity contribution is 5.69. The molecule has 8 nitrogen and oxygen atoms in total. The number of hydrogen-bond acceptors (Lipinski definition) is 7. The zero-order valence-corrected chi connectivity index (χ0v) is 22.4. The first-order chi connectivity index (χ1) is 18.7. The molecule has 0 atom stereocenters. The van der Waals surface area contributed by atoms with Crippen molar-refractivity contribution >= 4 is 11.5 Å². The van der Waals surface area contributed by atoms with Crippen LogP contribution in [-0.2, 0) is 6.42 Å². The molecule has 1 saturated heterocycles. The molecule has 6 rings (SSSR count). The second-order valence-corrected chi connectivity index (χ2v) is 11.6. The van der Waals surface area contributed by atoms with Crippen LogP contribution in [0.2, 0.25) is 0 Å². The van der Waals surface area contributed by atoms with Crippen LogP contribution >= 0.6 is 0 Å². The number of anilines is 1. The van der Waals surface area contributed by atoms with Crippen molar-refractivity contribution in [2.45, 2.75) is 58.2 Å². The fourth-order valence-electron chi connectivity index (χ4n) is 6.43. The first kappa shape index (κ1) is 26.2. The number of piperidine rings is 1. The zero-order valence-electron chi connectivity index (χ0n) is 22.4. The van der Waals surface area contributed by atoms with Gasteiger partial charge in [-0.1, -0.05) is 25.5 Å². The quantitative estimate of drug-likeness (QED) is 0.435. The van der Waals surface area contributed by atoms with Gasteiger partial charge in [-0.3, -0.25) is 0 Å². The molecule has 1 saturated carbocycles. The molecule has 3 aliphatic rings. The van der Waals surface area contributed by atoms with Gasteiger partial charge in [0.1, 0.15) is 5.75 Å². The number of nitrogens with zero attached hydrogens (tertiary/aromatic N) is 5. The fraction of sp³-hybridized carbons (Fsp3) is 0.607. The molecule has 1 aromatic carbocycles. The van der Waals surface area contributed by atoms with Crippen molar-refractivity contribution in [3.05, 3.63) is 29.8 Å². The lowest BCUT2D eigenvalue weighted by Gasteiger charge is -2.46. The molecule has 0 unspecified atom stereocenters. The van der Waals surface area contributed by atoms with Gasteiger partial charge in [0.05, 0.1) is 6.61 Å². The molecule has 210 valence electrons. The summed E-state index contributed by atoms with van der Waals surface area (Å²) in [4.78, 5) is 2.34. The summed E-state index contributed by atoms with van der Waals surface area (Å²) in [6.07, 6.45) is 2.76. The number of halogens is 3. The van der Waals surface area contributed by atoms with Crippen LogP contribution in [0.4, 0.5) is 19.0 Å². The molecule has 0 radical (unpaired) electrons. The van der Waals surface area contributed by atoms with E-state index in [-0.39, 0.29) is 11.2 Å². The van der Waals surface area contributed by atoms with E-state index in [2.05, 4.69) is 39.1 Å². The Morgan fingerprint density at radius 2 is 1.95 bits per heavy atom. The number of alkyl halides is 3. The molecule has 1 spiro atoms. The minimum atomic E-state index is -4.78. The largest absolute Gasteiger partial charge is 0.573 e. The highest BCUT2D eigenvalue weighted by Crippen LogP contribution is 2.53. The molecular formula is C28H35F3N6O2. The molecule has 3 aromatic rings. The van der Waals surface area contributed by atoms with E-state index >= 15 is 0 Å². The van der Waals surface area contributed by atoms with E-state index in [1.165, 1.54) is 37.5 Å². The summed E-state index contributed by atoms with van der Waals surface area (Å²) in [6.45, 7) is 5.82. The first-order valence-electron chi connectivity index (χ1n) is 13.9. The Morgan fingerprint density at radius 1 is 1.15 bits per heavy atom. The third-order valence-electron chi connectivity index (χ3n) is 8.77. The molecule has 2 aromatic heterocycles. The highest BCUT2D eigenvalue weighted by Gasteiger charge is 2.45. The van der Waals surface area contributed by atoms with Crippen LogP contribution in [-0.4, -0.2) is 64.4 Å². The number of rotatable bonds is 6. The lowest BCUT2D eigenvalue weighted by atomic mass is 9.59. The number of aromatic nitrogens is 4. The minimum Gasteiger partial charge on any atom is -0.489 e. The van der Waals surface area contributed by atoms with Crippen LogP contribution in [0.3, 0.4) is 0 Å². The molecular weight excluding hydrogens is 509 g/mol. The molecule has 2 aliphatic heterocycles. The van der Waals surface area contributed by atoms with Crippen LogP contribution in [0, 0.1) is 17.3 Å². The van der Waals surface area contributed by atoms with Gasteiger partial charge in [0.15, 0.2) is 23.0 Å². The van der Waals surface area contributed by atoms with Crippen molar-refractivity contribution in [1.29, 1.82) is 0 Å². The lowest BCUT2D eigenvalue weighted by molar-refractivity contribution is -0.274. The number of nitrogens with one attached hydrogen (secondary N) is 1. The maximum Gasteiger partial charge on any atom is 0.573 e. The number of benzene rings is 1. The molecule has 1 N–H and O–H groups in total. The molecule has 4 heterocycles. The van der Waals surface area contributed by atoms with Crippen LogP contribution in [0.25, 0.3) is 17.0 Å². The van der Waals surface area contributed by atoms with Gasteiger partial charge in [0.2, 0.25) is 0 Å². The average Bonchev–Trinajstić information content (AvgIpc) is 3.19. The van der Waals surface area contributed by atoms with Crippen molar-refractivity contribution in [3.63, 3.8) is 0 Å². The first-order valence-corrected chi connectivity index (χ1v) is 13.9. The summed E-state index contributed by atoms with van der Waals surface area (Å²) in [7, 11) is 2.15. The SMILES string of the molecule is CCC1CC2(CCc3c(c(NCC4CCN(C)CC4)nn4c(-c5cccc(OC(F)(F)F)c5)nnc34)OC2)C1. The number of likely N-dealkylation sites (tertiary alicyclic amines) is 1. The van der Waals surface area contributed by atoms with Crippen molar-refractivity contribution < 1.29 is 22.6 Å². The van der Waals surface area contributed by atoms with Crippen LogP contribution in [0.5, 0.6) is 11.5 Å². The number of fused-ring (bicyclic) bond motifs is 3. The van der Waals surface area contributed by atoms with Gasteiger partial charge in [0, 0.05) is 23.1 Å². The van der Waals surface area contributed by atoms with Crippen molar-refractivity contribution in [2.75, 3.05) is 38.6 Å². The van der Waals surface area contributed by atoms with Gasteiger partial charge in [-0.05, 0) is 82.6 Å². The van der Waals surface area contributed by atoms with Gasteiger partial charge in [-0.15, -0.1) is 28.5 Å². The molecule has 39 heavy (non-hydrogen) atoms. The normalized spacial score (nSPS) is 24.2. The monoisotopic (exact) mass is 544 g/mol. The maximum absolute atomic E-state index is 12.9. The molecule has 2 fully saturated rings. The predicted molar refractivity (Wildman–Crippen MR) is 141 cm³/mol. The third-order valence-corrected chi connectivity index (χ3v) is 8.77. The van der Waals surface area contributed by atoms with E-state index in [1.807, 2.05) is 0 Å². The van der Waals surface area contributed by atoms with Gasteiger partial charge >= 0.3 is 6.36 Å². The van der Waals surface area contributed by atoms with Crippen LogP contribution in [0.1, 0.15) is 51.0 Å². The van der Waals surface area contributed by atoms with E-state index < -0.39 is 6.36 Å². The Balaban J connectivity index is 1.35. The summed E-state index contributed by atoms with van der Waals surface area (Å²) in [5.74, 6) is 2.70. The molecule has 0 bridgehead atoms. The number of hydrogen-bond donors (Lipinski definition) is 1. The summed E-state index contributed by atoms with van der Waals surface area (Å²) < 4.78 is 50.9. The summed E-state index contributed by atoms with van der Waals surface area (Å²) >= 11 is 0. The Labute approximate surface area is 225 Å². The average molecular weight is 545 g/mol. The van der Waals surface area contributed by atoms with E-state index in [4.69, 9.17) is 9.84 Å². The Kier molecular flexibility index (Phi) is 6.81. The fourth-order valence-corrected chi connectivity index (χ4v) is 6.43. The van der Waals surface area contributed by atoms with E-state index in [0.717, 1.165) is 62.5 Å². The van der Waals surface area contributed by atoms with Crippen LogP contribution in [0.15, 0.2) is 24.3 Å². The van der Waals surface area contributed by atoms with Gasteiger partial charge in [-0.2, -0.15) is 4.52 Å². The second-order valence-electron chi connectivity index (χ2n) is 11.6. The minimum absolute atomic E-state index is 0.175. The maximum atomic E-state index is 12.9. The van der Waals surface area contributed by atoms with E-state index in [0.29, 0.717) is 35.4 Å². The summed E-state index contributed by atoms with van der Waals surface area (Å²) in [6, 6.07) is 5.77. The Bertz CT molecular complexity index is 1330. The standard InChI is InChI=1S/C28H35F3N6O2/c1-3-18-14-27(15-18)10-7-22-23(38-17-27)24(32-16-19-8-11-36(2)12-9-19)35-37-25(33-34-26(22)37)20-5-4-6-21(13-20)39-28(29,30)31/h4-6,13,18-19H,3,7-12,14-17H2,1-2H3,(H,32,35). The Morgan fingerprint density at radius 3 is 2.69 bits per heavy atom. The van der Waals surface area contributed by atoms with Crippen LogP contribution < -0.4 is 14.8 Å². The van der Waals surface area contributed by atoms with Gasteiger partial charge < -0.3 is 19.7 Å². The molecule has 11 heteroatoms. The predicted octanol–water partition coefficient (Wildman–Crippen LogP) is 5.58. The van der Waals surface area contributed by atoms with Gasteiger partial charge in [0.25, 0.3) is 0 Å². The topological polar surface area (TPSA) is 76.8 Å². The summed E-state index contributed by atoms with van der Waals surface area (Å²) in [5, 5.41) is 17.3. The van der Waals surface area contributed by atoms with Crippen molar-refractivity contribution in [1.82, 2.24) is 24.7 Å². The van der Waals surface area contributed by atoms with E-state index in [1.54, 1.807) is 10.6 Å². The van der Waals surface area contributed by atoms with Gasteiger partial charge in [-0.25, -0.2) is 0 Å². The van der Waals surface area contributed by atoms with Crippen molar-refractivity contribution in [3.8, 4) is 22.9 Å². The molecule has 1 aliphatic carbocycles. The smallest absolute Gasteiger partial charge is 0.489 e. The number of ether oxygens (including phenoxy) is 2. The summed E-state index contributed by atoms with van der Waals surface area (Å²) in [5.41, 5.74) is 2.15. The second kappa shape index (κ2) is 10.1. The number of aryl methyl sites for hydroxylation is 1. The highest BCUT2D eigenvalue weighted by atomic mass is 19.4. The molecule has 0 amide bonds. The van der Waals surface area contributed by atoms with Crippen molar-refractivity contribution in [2.24, 2.45) is 17.3 Å². The Hall–Kier alpha value is -3.08. The lowest BCUT2D eigenvalue weighted by Crippen LogP contribution is -2.41. The third kappa shape index (κ3) is 5.37. The van der Waals surface area contributed by atoms with E-state index in [9.17, 15) is 13.2 Å². The zero-order chi connectivity index (χ0) is 27.2.